The molecule has 3 nitrogen and oxygen atoms in total. The van der Waals surface area contributed by atoms with Crippen LogP contribution in [0.5, 0.6) is 0 Å². The van der Waals surface area contributed by atoms with Crippen molar-refractivity contribution in [2.45, 2.75) is 0 Å². The zero-order valence-electron chi connectivity index (χ0n) is 9.56. The van der Waals surface area contributed by atoms with Crippen LogP contribution >= 0.6 is 49.9 Å². The van der Waals surface area contributed by atoms with Crippen molar-refractivity contribution < 1.29 is 4.52 Å². The van der Waals surface area contributed by atoms with E-state index in [-0.39, 0.29) is 0 Å². The molecule has 2 heterocycles. The smallest absolute Gasteiger partial charge is 0.230 e. The first-order chi connectivity index (χ1) is 9.15. The maximum Gasteiger partial charge on any atom is 0.230 e. The molecule has 0 saturated carbocycles. The van der Waals surface area contributed by atoms with Crippen LogP contribution in [-0.4, -0.2) is 5.16 Å². The number of benzene rings is 1. The minimum absolute atomic E-state index is 0.346. The highest BCUT2D eigenvalue weighted by molar-refractivity contribution is 14.1. The Hall–Kier alpha value is -0.860. The van der Waals surface area contributed by atoms with E-state index >= 15 is 0 Å². The maximum atomic E-state index is 5.92. The van der Waals surface area contributed by atoms with Crippen LogP contribution in [0.4, 0.5) is 5.88 Å². The minimum atomic E-state index is 0.346. The molecule has 0 bridgehead atoms. The van der Waals surface area contributed by atoms with Gasteiger partial charge < -0.3 is 10.3 Å². The number of nitrogen functional groups attached to an aromatic ring is 1. The molecule has 0 saturated heterocycles. The Morgan fingerprint density at radius 3 is 2.58 bits per heavy atom. The molecule has 96 valence electrons. The molecule has 2 aromatic heterocycles. The highest BCUT2D eigenvalue weighted by Crippen LogP contribution is 2.38. The van der Waals surface area contributed by atoms with E-state index in [0.717, 1.165) is 26.9 Å². The Kier molecular flexibility index (Phi) is 3.64. The van der Waals surface area contributed by atoms with Gasteiger partial charge in [0.1, 0.15) is 5.69 Å². The molecule has 2 N–H and O–H groups in total. The highest BCUT2D eigenvalue weighted by Gasteiger charge is 2.18. The lowest BCUT2D eigenvalue weighted by Gasteiger charge is -2.01. The Bertz CT molecular complexity index is 721. The predicted octanol–water partition coefficient (Wildman–Crippen LogP) is 5.02. The Labute approximate surface area is 136 Å². The van der Waals surface area contributed by atoms with Crippen LogP contribution in [0.1, 0.15) is 0 Å². The van der Waals surface area contributed by atoms with Gasteiger partial charge in [-0.3, -0.25) is 0 Å². The lowest BCUT2D eigenvalue weighted by atomic mass is 10.0. The summed E-state index contributed by atoms with van der Waals surface area (Å²) < 4.78 is 7.39. The van der Waals surface area contributed by atoms with Crippen molar-refractivity contribution in [2.75, 3.05) is 5.73 Å². The summed E-state index contributed by atoms with van der Waals surface area (Å²) in [5, 5.41) is 6.15. The number of hydrogen-bond donors (Lipinski definition) is 1. The van der Waals surface area contributed by atoms with E-state index in [4.69, 9.17) is 10.3 Å². The molecule has 0 radical (unpaired) electrons. The van der Waals surface area contributed by atoms with Gasteiger partial charge in [0, 0.05) is 15.4 Å². The normalized spacial score (nSPS) is 10.8. The van der Waals surface area contributed by atoms with Crippen molar-refractivity contribution >= 4 is 55.7 Å². The maximum absolute atomic E-state index is 5.92. The first-order valence-electron chi connectivity index (χ1n) is 5.40. The second-order valence-corrected chi connectivity index (χ2v) is 7.64. The first-order valence-corrected chi connectivity index (χ1v) is 8.16. The average molecular weight is 447 g/mol. The molecule has 0 amide bonds. The van der Waals surface area contributed by atoms with Crippen LogP contribution in [-0.2, 0) is 0 Å². The number of hydrogen-bond acceptors (Lipinski definition) is 4. The monoisotopic (exact) mass is 446 g/mol. The third-order valence-electron chi connectivity index (χ3n) is 2.69. The fraction of sp³-hybridized carbons (Fsp3) is 0. The van der Waals surface area contributed by atoms with Crippen molar-refractivity contribution in [1.82, 2.24) is 5.16 Å². The van der Waals surface area contributed by atoms with Crippen molar-refractivity contribution in [3.8, 4) is 22.4 Å². The second kappa shape index (κ2) is 5.26. The summed E-state index contributed by atoms with van der Waals surface area (Å²) in [5.41, 5.74) is 9.59. The lowest BCUT2D eigenvalue weighted by molar-refractivity contribution is 0.439. The third kappa shape index (κ3) is 2.56. The minimum Gasteiger partial charge on any atom is -0.367 e. The summed E-state index contributed by atoms with van der Waals surface area (Å²) in [6.07, 6.45) is 0. The molecule has 0 unspecified atom stereocenters. The molecule has 3 aromatic rings. The van der Waals surface area contributed by atoms with Gasteiger partial charge in [0.05, 0.1) is 8.45 Å². The average Bonchev–Trinajstić information content (AvgIpc) is 2.97. The number of thiophene rings is 1. The summed E-state index contributed by atoms with van der Waals surface area (Å²) in [4.78, 5) is 0. The Morgan fingerprint density at radius 2 is 1.95 bits per heavy atom. The highest BCUT2D eigenvalue weighted by atomic mass is 127. The molecular weight excluding hydrogens is 439 g/mol. The third-order valence-corrected chi connectivity index (χ3v) is 5.01. The van der Waals surface area contributed by atoms with Gasteiger partial charge in [-0.15, -0.1) is 11.3 Å². The molecule has 0 aliphatic rings. The molecule has 1 aromatic carbocycles. The molecule has 6 heteroatoms. The number of halogens is 2. The molecule has 0 aliphatic carbocycles. The van der Waals surface area contributed by atoms with Crippen LogP contribution in [0.15, 0.2) is 44.7 Å². The molecule has 0 spiro atoms. The molecule has 0 aliphatic heterocycles. The van der Waals surface area contributed by atoms with Gasteiger partial charge in [0.15, 0.2) is 0 Å². The molecule has 0 fully saturated rings. The lowest BCUT2D eigenvalue weighted by Crippen LogP contribution is -1.86. The van der Waals surface area contributed by atoms with Crippen LogP contribution in [0.25, 0.3) is 22.4 Å². The van der Waals surface area contributed by atoms with Gasteiger partial charge in [-0.2, -0.15) is 0 Å². The van der Waals surface area contributed by atoms with Gasteiger partial charge in [-0.25, -0.2) is 0 Å². The second-order valence-electron chi connectivity index (χ2n) is 3.92. The van der Waals surface area contributed by atoms with Crippen molar-refractivity contribution in [2.24, 2.45) is 0 Å². The van der Waals surface area contributed by atoms with E-state index in [1.807, 2.05) is 24.3 Å². The van der Waals surface area contributed by atoms with Crippen LogP contribution in [0, 0.1) is 2.88 Å². The van der Waals surface area contributed by atoms with E-state index in [0.29, 0.717) is 5.88 Å². The summed E-state index contributed by atoms with van der Waals surface area (Å²) in [7, 11) is 0. The predicted molar refractivity (Wildman–Crippen MR) is 90.1 cm³/mol. The topological polar surface area (TPSA) is 52.0 Å². The number of rotatable bonds is 2. The van der Waals surface area contributed by atoms with E-state index in [1.165, 1.54) is 2.88 Å². The number of aromatic nitrogens is 1. The van der Waals surface area contributed by atoms with Gasteiger partial charge >= 0.3 is 0 Å². The van der Waals surface area contributed by atoms with Crippen molar-refractivity contribution in [3.63, 3.8) is 0 Å². The van der Waals surface area contributed by atoms with E-state index in [1.54, 1.807) is 11.3 Å². The summed E-state index contributed by atoms with van der Waals surface area (Å²) in [5.74, 6) is 0.346. The zero-order valence-corrected chi connectivity index (χ0v) is 14.1. The Morgan fingerprint density at radius 1 is 1.21 bits per heavy atom. The molecule has 3 rings (SSSR count). The van der Waals surface area contributed by atoms with Gasteiger partial charge in [-0.1, -0.05) is 33.2 Å². The van der Waals surface area contributed by atoms with Gasteiger partial charge in [-0.05, 0) is 46.4 Å². The molecular formula is C13H8BrIN2OS. The van der Waals surface area contributed by atoms with Crippen LogP contribution in [0.2, 0.25) is 0 Å². The SMILES string of the molecule is Nc1onc(-c2csc(I)c2)c1-c1ccc(Br)cc1. The van der Waals surface area contributed by atoms with Crippen LogP contribution < -0.4 is 5.73 Å². The standard InChI is InChI=1S/C13H8BrIN2OS/c14-9-3-1-7(2-4-9)11-12(17-18-13(11)16)8-5-10(15)19-6-8/h1-6H,16H2. The Balaban J connectivity index is 2.16. The quantitative estimate of drug-likeness (QED) is 0.562. The van der Waals surface area contributed by atoms with Gasteiger partial charge in [0.2, 0.25) is 5.88 Å². The molecule has 19 heavy (non-hydrogen) atoms. The van der Waals surface area contributed by atoms with Crippen molar-refractivity contribution in [3.05, 3.63) is 43.1 Å². The van der Waals surface area contributed by atoms with Crippen molar-refractivity contribution in [1.29, 1.82) is 0 Å². The summed E-state index contributed by atoms with van der Waals surface area (Å²) in [6, 6.07) is 10.0. The first kappa shape index (κ1) is 13.1. The number of anilines is 1. The number of nitrogens with two attached hydrogens (primary N) is 1. The largest absolute Gasteiger partial charge is 0.367 e. The summed E-state index contributed by atoms with van der Waals surface area (Å²) >= 11 is 7.38. The zero-order chi connectivity index (χ0) is 13.4. The van der Waals surface area contributed by atoms with Gasteiger partial charge in [0.25, 0.3) is 0 Å². The van der Waals surface area contributed by atoms with E-state index in [2.05, 4.69) is 55.1 Å². The number of nitrogens with zero attached hydrogens (tertiary/aromatic N) is 1. The fourth-order valence-electron chi connectivity index (χ4n) is 1.83. The fourth-order valence-corrected chi connectivity index (χ4v) is 3.43. The van der Waals surface area contributed by atoms with Crippen LogP contribution in [0.3, 0.4) is 0 Å². The summed E-state index contributed by atoms with van der Waals surface area (Å²) in [6.45, 7) is 0. The van der Waals surface area contributed by atoms with E-state index in [9.17, 15) is 0 Å². The molecule has 0 atom stereocenters. The van der Waals surface area contributed by atoms with E-state index < -0.39 is 0 Å².